The molecule has 0 spiro atoms. The van der Waals surface area contributed by atoms with Gasteiger partial charge in [-0.25, -0.2) is 0 Å². The fraction of sp³-hybridized carbons (Fsp3) is 0.133. The van der Waals surface area contributed by atoms with Crippen molar-refractivity contribution in [3.63, 3.8) is 0 Å². The molecule has 0 aliphatic heterocycles. The van der Waals surface area contributed by atoms with E-state index in [1.807, 2.05) is 13.0 Å². The number of hydrogen-bond donors (Lipinski definition) is 0. The van der Waals surface area contributed by atoms with Gasteiger partial charge in [-0.1, -0.05) is 0 Å². The predicted molar refractivity (Wildman–Crippen MR) is 78.6 cm³/mol. The molecule has 2 heterocycles. The highest BCUT2D eigenvalue weighted by molar-refractivity contribution is 5.72. The fourth-order valence-electron chi connectivity index (χ4n) is 2.26. The van der Waals surface area contributed by atoms with Crippen LogP contribution in [0, 0.1) is 17.0 Å². The Bertz CT molecular complexity index is 822. The second-order valence-corrected chi connectivity index (χ2v) is 4.70. The first-order chi connectivity index (χ1) is 10.1. The Hall–Kier alpha value is -2.89. The van der Waals surface area contributed by atoms with E-state index in [1.165, 1.54) is 4.40 Å². The van der Waals surface area contributed by atoms with Crippen molar-refractivity contribution in [3.05, 3.63) is 58.3 Å². The maximum atomic E-state index is 11.4. The summed E-state index contributed by atoms with van der Waals surface area (Å²) in [7, 11) is 1.57. The minimum Gasteiger partial charge on any atom is -0.497 e. The van der Waals surface area contributed by atoms with Crippen molar-refractivity contribution in [2.45, 2.75) is 6.92 Å². The molecule has 0 atom stereocenters. The Balaban J connectivity index is 2.25. The lowest BCUT2D eigenvalue weighted by molar-refractivity contribution is -0.389. The maximum Gasteiger partial charge on any atom is 0.355 e. The van der Waals surface area contributed by atoms with Crippen LogP contribution in [0.25, 0.3) is 16.9 Å². The van der Waals surface area contributed by atoms with Crippen molar-refractivity contribution < 1.29 is 9.66 Å². The van der Waals surface area contributed by atoms with Crippen LogP contribution in [-0.4, -0.2) is 21.4 Å². The summed E-state index contributed by atoms with van der Waals surface area (Å²) in [4.78, 5) is 15.4. The van der Waals surface area contributed by atoms with E-state index in [4.69, 9.17) is 4.74 Å². The predicted octanol–water partition coefficient (Wildman–Crippen LogP) is 3.23. The van der Waals surface area contributed by atoms with Gasteiger partial charge in [0, 0.05) is 11.6 Å². The molecule has 6 nitrogen and oxygen atoms in total. The van der Waals surface area contributed by atoms with E-state index >= 15 is 0 Å². The zero-order chi connectivity index (χ0) is 15.0. The molecule has 0 N–H and O–H groups in total. The van der Waals surface area contributed by atoms with Gasteiger partial charge in [-0.2, -0.15) is 9.38 Å². The third kappa shape index (κ3) is 2.20. The van der Waals surface area contributed by atoms with Gasteiger partial charge in [0.15, 0.2) is 5.69 Å². The van der Waals surface area contributed by atoms with Gasteiger partial charge in [-0.05, 0) is 47.7 Å². The first-order valence-electron chi connectivity index (χ1n) is 6.37. The van der Waals surface area contributed by atoms with Crippen molar-refractivity contribution in [1.29, 1.82) is 0 Å². The number of imidazole rings is 1. The van der Waals surface area contributed by atoms with Gasteiger partial charge < -0.3 is 14.9 Å². The first-order valence-corrected chi connectivity index (χ1v) is 6.37. The monoisotopic (exact) mass is 283 g/mol. The molecule has 0 amide bonds. The van der Waals surface area contributed by atoms with E-state index in [9.17, 15) is 10.1 Å². The second-order valence-electron chi connectivity index (χ2n) is 4.70. The average Bonchev–Trinajstić information content (AvgIpc) is 2.86. The Morgan fingerprint density at radius 2 is 1.90 bits per heavy atom. The van der Waals surface area contributed by atoms with E-state index in [2.05, 4.69) is 4.98 Å². The van der Waals surface area contributed by atoms with Gasteiger partial charge in [0.2, 0.25) is 5.65 Å². The van der Waals surface area contributed by atoms with Gasteiger partial charge in [-0.3, -0.25) is 0 Å². The van der Waals surface area contributed by atoms with Crippen molar-refractivity contribution in [2.75, 3.05) is 7.11 Å². The maximum absolute atomic E-state index is 11.4. The van der Waals surface area contributed by atoms with Crippen LogP contribution in [0.15, 0.2) is 42.6 Å². The van der Waals surface area contributed by atoms with Gasteiger partial charge in [-0.15, -0.1) is 0 Å². The smallest absolute Gasteiger partial charge is 0.355 e. The summed E-state index contributed by atoms with van der Waals surface area (Å²) in [6, 6.07) is 10.7. The number of benzene rings is 1. The van der Waals surface area contributed by atoms with Gasteiger partial charge in [0.1, 0.15) is 11.9 Å². The summed E-state index contributed by atoms with van der Waals surface area (Å²) in [5.41, 5.74) is 2.53. The molecule has 0 bridgehead atoms. The summed E-state index contributed by atoms with van der Waals surface area (Å²) < 4.78 is 6.61. The third-order valence-corrected chi connectivity index (χ3v) is 3.28. The molecule has 1 aromatic carbocycles. The highest BCUT2D eigenvalue weighted by atomic mass is 16.6. The molecule has 2 aromatic heterocycles. The molecule has 0 aliphatic rings. The summed E-state index contributed by atoms with van der Waals surface area (Å²) in [5.74, 6) is 0.667. The zero-order valence-electron chi connectivity index (χ0n) is 11.6. The minimum atomic E-state index is -0.404. The average molecular weight is 283 g/mol. The van der Waals surface area contributed by atoms with Crippen molar-refractivity contribution in [1.82, 2.24) is 9.38 Å². The molecule has 0 unspecified atom stereocenters. The molecular formula is C15H13N3O3. The largest absolute Gasteiger partial charge is 0.497 e. The van der Waals surface area contributed by atoms with E-state index in [0.29, 0.717) is 22.7 Å². The van der Waals surface area contributed by atoms with Crippen LogP contribution in [0.2, 0.25) is 0 Å². The lowest BCUT2D eigenvalue weighted by Gasteiger charge is -2.01. The fourth-order valence-corrected chi connectivity index (χ4v) is 2.26. The van der Waals surface area contributed by atoms with Crippen LogP contribution < -0.4 is 4.74 Å². The summed E-state index contributed by atoms with van der Waals surface area (Å²) in [6.45, 7) is 1.89. The van der Waals surface area contributed by atoms with E-state index < -0.39 is 4.92 Å². The number of nitro groups is 1. The molecule has 0 aliphatic carbocycles. The van der Waals surface area contributed by atoms with Crippen LogP contribution >= 0.6 is 0 Å². The van der Waals surface area contributed by atoms with Crippen LogP contribution in [-0.2, 0) is 0 Å². The number of aromatic nitrogens is 2. The molecule has 0 fully saturated rings. The standard InChI is InChI=1S/C15H13N3O3/c1-10-3-8-13-16-14(15(18(19)20)17(13)9-10)11-4-6-12(21-2)7-5-11/h3-9H,1-2H3. The Kier molecular flexibility index (Phi) is 3.06. The van der Waals surface area contributed by atoms with Gasteiger partial charge in [0.25, 0.3) is 0 Å². The molecular weight excluding hydrogens is 270 g/mol. The number of fused-ring (bicyclic) bond motifs is 1. The molecule has 3 aromatic rings. The molecule has 3 rings (SSSR count). The number of nitrogens with zero attached hydrogens (tertiary/aromatic N) is 3. The number of hydrogen-bond acceptors (Lipinski definition) is 4. The highest BCUT2D eigenvalue weighted by Gasteiger charge is 2.23. The Morgan fingerprint density at radius 3 is 2.52 bits per heavy atom. The molecule has 21 heavy (non-hydrogen) atoms. The second kappa shape index (κ2) is 4.90. The highest BCUT2D eigenvalue weighted by Crippen LogP contribution is 2.31. The Labute approximate surface area is 120 Å². The van der Waals surface area contributed by atoms with Crippen molar-refractivity contribution in [3.8, 4) is 17.0 Å². The van der Waals surface area contributed by atoms with Crippen molar-refractivity contribution >= 4 is 11.5 Å². The van der Waals surface area contributed by atoms with Crippen LogP contribution in [0.4, 0.5) is 5.82 Å². The van der Waals surface area contributed by atoms with Gasteiger partial charge in [0.05, 0.1) is 7.11 Å². The van der Waals surface area contributed by atoms with Crippen LogP contribution in [0.3, 0.4) is 0 Å². The summed E-state index contributed by atoms with van der Waals surface area (Å²) in [6.07, 6.45) is 1.72. The van der Waals surface area contributed by atoms with E-state index in [-0.39, 0.29) is 5.82 Å². The Morgan fingerprint density at radius 1 is 1.19 bits per heavy atom. The summed E-state index contributed by atoms with van der Waals surface area (Å²) in [5, 5.41) is 11.4. The number of methoxy groups -OCH3 is 1. The lowest BCUT2D eigenvalue weighted by atomic mass is 10.1. The molecule has 0 radical (unpaired) electrons. The number of ether oxygens (including phenoxy) is 1. The first kappa shape index (κ1) is 13.1. The topological polar surface area (TPSA) is 69.7 Å². The molecule has 0 saturated heterocycles. The van der Waals surface area contributed by atoms with Crippen LogP contribution in [0.5, 0.6) is 5.75 Å². The molecule has 0 saturated carbocycles. The lowest BCUT2D eigenvalue weighted by Crippen LogP contribution is -1.96. The quantitative estimate of drug-likeness (QED) is 0.546. The number of rotatable bonds is 3. The normalized spacial score (nSPS) is 10.8. The SMILES string of the molecule is COc1ccc(-c2nc3ccc(C)cn3c2[N+](=O)[O-])cc1. The minimum absolute atomic E-state index is 0.0288. The number of aryl methyl sites for hydroxylation is 1. The van der Waals surface area contributed by atoms with E-state index in [0.717, 1.165) is 5.56 Å². The summed E-state index contributed by atoms with van der Waals surface area (Å²) >= 11 is 0. The molecule has 106 valence electrons. The third-order valence-electron chi connectivity index (χ3n) is 3.28. The zero-order valence-corrected chi connectivity index (χ0v) is 11.6. The van der Waals surface area contributed by atoms with E-state index in [1.54, 1.807) is 43.6 Å². The number of pyridine rings is 1. The van der Waals surface area contributed by atoms with Crippen molar-refractivity contribution in [2.24, 2.45) is 0 Å². The van der Waals surface area contributed by atoms with Crippen LogP contribution in [0.1, 0.15) is 5.56 Å². The van der Waals surface area contributed by atoms with Gasteiger partial charge >= 0.3 is 5.82 Å². The molecule has 6 heteroatoms.